The Labute approximate surface area is 126 Å². The van der Waals surface area contributed by atoms with E-state index in [0.29, 0.717) is 11.5 Å². The summed E-state index contributed by atoms with van der Waals surface area (Å²) in [5.74, 6) is 4.05. The molecule has 4 saturated carbocycles. The molecule has 4 nitrogen and oxygen atoms in total. The van der Waals surface area contributed by atoms with Crippen molar-refractivity contribution >= 4 is 5.82 Å². The van der Waals surface area contributed by atoms with Gasteiger partial charge in [-0.1, -0.05) is 0 Å². The van der Waals surface area contributed by atoms with Gasteiger partial charge in [-0.05, 0) is 69.2 Å². The molecule has 2 heterocycles. The van der Waals surface area contributed by atoms with E-state index in [2.05, 4.69) is 26.9 Å². The molecule has 6 rings (SSSR count). The van der Waals surface area contributed by atoms with Crippen molar-refractivity contribution in [2.24, 2.45) is 17.8 Å². The molecular formula is C17H26N4. The third kappa shape index (κ3) is 2.02. The van der Waals surface area contributed by atoms with Gasteiger partial charge in [-0.2, -0.15) is 5.10 Å². The summed E-state index contributed by atoms with van der Waals surface area (Å²) in [6, 6.07) is 2.88. The Balaban J connectivity index is 1.39. The maximum absolute atomic E-state index is 4.57. The molecule has 1 atom stereocenters. The Bertz CT molecular complexity index is 493. The fraction of sp³-hybridized carbons (Fsp3) is 0.824. The summed E-state index contributed by atoms with van der Waals surface area (Å²) in [6.45, 7) is 2.20. The minimum absolute atomic E-state index is 0.440. The maximum Gasteiger partial charge on any atom is 0.148 e. The van der Waals surface area contributed by atoms with E-state index < -0.39 is 0 Å². The molecule has 1 aliphatic heterocycles. The summed E-state index contributed by atoms with van der Waals surface area (Å²) in [5.41, 5.74) is 1.87. The Morgan fingerprint density at radius 3 is 2.43 bits per heavy atom. The van der Waals surface area contributed by atoms with Gasteiger partial charge in [0.1, 0.15) is 5.82 Å². The zero-order chi connectivity index (χ0) is 13.9. The van der Waals surface area contributed by atoms with Crippen LogP contribution in [-0.4, -0.2) is 29.3 Å². The molecule has 3 N–H and O–H groups in total. The normalized spacial score (nSPS) is 44.4. The van der Waals surface area contributed by atoms with Crippen LogP contribution >= 0.6 is 0 Å². The second kappa shape index (κ2) is 4.48. The van der Waals surface area contributed by atoms with Crippen LogP contribution in [0, 0.1) is 17.8 Å². The first kappa shape index (κ1) is 12.5. The summed E-state index contributed by atoms with van der Waals surface area (Å²) < 4.78 is 0. The molecule has 21 heavy (non-hydrogen) atoms. The summed E-state index contributed by atoms with van der Waals surface area (Å²) in [4.78, 5) is 0. The molecule has 1 aromatic rings. The van der Waals surface area contributed by atoms with E-state index in [4.69, 9.17) is 0 Å². The lowest BCUT2D eigenvalue weighted by atomic mass is 9.49. The monoisotopic (exact) mass is 286 g/mol. The van der Waals surface area contributed by atoms with Gasteiger partial charge in [-0.25, -0.2) is 0 Å². The first-order chi connectivity index (χ1) is 10.3. The SMILES string of the molecule is c1c(NC2CCNC2)n[nH]c1C12CC3CC(CC(C3)C1)C2. The van der Waals surface area contributed by atoms with Crippen LogP contribution in [0.3, 0.4) is 0 Å². The van der Waals surface area contributed by atoms with Crippen LogP contribution in [0.4, 0.5) is 5.82 Å². The number of nitrogens with one attached hydrogen (secondary N) is 3. The van der Waals surface area contributed by atoms with Crippen LogP contribution < -0.4 is 10.6 Å². The molecule has 4 heteroatoms. The minimum Gasteiger partial charge on any atom is -0.365 e. The van der Waals surface area contributed by atoms with E-state index in [9.17, 15) is 0 Å². The van der Waals surface area contributed by atoms with E-state index in [1.165, 1.54) is 50.6 Å². The fourth-order valence-electron chi connectivity index (χ4n) is 6.09. The number of hydrogen-bond acceptors (Lipinski definition) is 3. The van der Waals surface area contributed by atoms with Crippen LogP contribution in [0.1, 0.15) is 50.6 Å². The fourth-order valence-corrected chi connectivity index (χ4v) is 6.09. The summed E-state index contributed by atoms with van der Waals surface area (Å²) in [6.07, 6.45) is 9.95. The number of rotatable bonds is 3. The van der Waals surface area contributed by atoms with Crippen molar-refractivity contribution in [2.45, 2.75) is 56.4 Å². The molecule has 4 aliphatic carbocycles. The second-order valence-corrected chi connectivity index (χ2v) is 8.20. The van der Waals surface area contributed by atoms with Crippen LogP contribution in [0.5, 0.6) is 0 Å². The predicted molar refractivity (Wildman–Crippen MR) is 83.3 cm³/mol. The third-order valence-electron chi connectivity index (χ3n) is 6.60. The lowest BCUT2D eigenvalue weighted by molar-refractivity contribution is -0.00721. The standard InChI is InChI=1S/C17H26N4/c1-2-18-10-14(1)19-16-6-15(20-21-16)17-7-11-3-12(8-17)5-13(4-11)9-17/h6,11-14,18H,1-5,7-10H2,(H2,19,20,21). The molecule has 0 aromatic carbocycles. The van der Waals surface area contributed by atoms with Crippen molar-refractivity contribution in [3.63, 3.8) is 0 Å². The Hall–Kier alpha value is -1.03. The maximum atomic E-state index is 4.57. The van der Waals surface area contributed by atoms with Gasteiger partial charge in [0.25, 0.3) is 0 Å². The first-order valence-corrected chi connectivity index (χ1v) is 8.82. The van der Waals surface area contributed by atoms with Crippen molar-refractivity contribution in [3.8, 4) is 0 Å². The number of nitrogens with zero attached hydrogens (tertiary/aromatic N) is 1. The molecule has 5 aliphatic rings. The van der Waals surface area contributed by atoms with Crippen molar-refractivity contribution in [1.29, 1.82) is 0 Å². The lowest BCUT2D eigenvalue weighted by Gasteiger charge is -2.56. The number of anilines is 1. The molecule has 0 radical (unpaired) electrons. The van der Waals surface area contributed by atoms with Crippen LogP contribution in [0.15, 0.2) is 6.07 Å². The second-order valence-electron chi connectivity index (χ2n) is 8.20. The number of aromatic nitrogens is 2. The molecule has 114 valence electrons. The Kier molecular flexibility index (Phi) is 2.67. The van der Waals surface area contributed by atoms with Crippen molar-refractivity contribution < 1.29 is 0 Å². The van der Waals surface area contributed by atoms with Gasteiger partial charge in [0.2, 0.25) is 0 Å². The number of hydrogen-bond donors (Lipinski definition) is 3. The average Bonchev–Trinajstić information content (AvgIpc) is 3.09. The van der Waals surface area contributed by atoms with Gasteiger partial charge in [0, 0.05) is 29.8 Å². The molecule has 1 unspecified atom stereocenters. The average molecular weight is 286 g/mol. The summed E-state index contributed by atoms with van der Waals surface area (Å²) >= 11 is 0. The van der Waals surface area contributed by atoms with Crippen molar-refractivity contribution in [1.82, 2.24) is 15.5 Å². The van der Waals surface area contributed by atoms with Gasteiger partial charge in [-0.3, -0.25) is 5.10 Å². The predicted octanol–water partition coefficient (Wildman–Crippen LogP) is 2.65. The molecule has 0 spiro atoms. The largest absolute Gasteiger partial charge is 0.365 e. The first-order valence-electron chi connectivity index (χ1n) is 8.82. The Morgan fingerprint density at radius 2 is 1.81 bits per heavy atom. The lowest BCUT2D eigenvalue weighted by Crippen LogP contribution is -2.48. The number of aromatic amines is 1. The molecule has 1 saturated heterocycles. The molecule has 4 bridgehead atoms. The highest BCUT2D eigenvalue weighted by atomic mass is 15.2. The van der Waals surface area contributed by atoms with E-state index in [0.717, 1.165) is 36.7 Å². The molecule has 1 aromatic heterocycles. The molecular weight excluding hydrogens is 260 g/mol. The third-order valence-corrected chi connectivity index (χ3v) is 6.60. The van der Waals surface area contributed by atoms with Gasteiger partial charge in [-0.15, -0.1) is 0 Å². The molecule has 0 amide bonds. The van der Waals surface area contributed by atoms with Crippen LogP contribution in [0.2, 0.25) is 0 Å². The van der Waals surface area contributed by atoms with E-state index >= 15 is 0 Å². The van der Waals surface area contributed by atoms with Crippen LogP contribution in [-0.2, 0) is 5.41 Å². The smallest absolute Gasteiger partial charge is 0.148 e. The van der Waals surface area contributed by atoms with Gasteiger partial charge in [0.15, 0.2) is 0 Å². The quantitative estimate of drug-likeness (QED) is 0.800. The highest BCUT2D eigenvalue weighted by Gasteiger charge is 2.52. The highest BCUT2D eigenvalue weighted by molar-refractivity contribution is 5.40. The van der Waals surface area contributed by atoms with Crippen molar-refractivity contribution in [3.05, 3.63) is 11.8 Å². The van der Waals surface area contributed by atoms with Crippen LogP contribution in [0.25, 0.3) is 0 Å². The van der Waals surface area contributed by atoms with Gasteiger partial charge < -0.3 is 10.6 Å². The van der Waals surface area contributed by atoms with Gasteiger partial charge >= 0.3 is 0 Å². The zero-order valence-corrected chi connectivity index (χ0v) is 12.7. The molecule has 5 fully saturated rings. The summed E-state index contributed by atoms with van der Waals surface area (Å²) in [5, 5.41) is 15.0. The minimum atomic E-state index is 0.440. The van der Waals surface area contributed by atoms with Crippen molar-refractivity contribution in [2.75, 3.05) is 18.4 Å². The zero-order valence-electron chi connectivity index (χ0n) is 12.7. The van der Waals surface area contributed by atoms with E-state index in [1.54, 1.807) is 0 Å². The Morgan fingerprint density at radius 1 is 1.10 bits per heavy atom. The summed E-state index contributed by atoms with van der Waals surface area (Å²) in [7, 11) is 0. The topological polar surface area (TPSA) is 52.7 Å². The van der Waals surface area contributed by atoms with Gasteiger partial charge in [0.05, 0.1) is 0 Å². The van der Waals surface area contributed by atoms with E-state index in [-0.39, 0.29) is 0 Å². The van der Waals surface area contributed by atoms with E-state index in [1.807, 2.05) is 0 Å². The number of H-pyrrole nitrogens is 1. The highest BCUT2D eigenvalue weighted by Crippen LogP contribution is 2.60.